The van der Waals surface area contributed by atoms with Crippen molar-refractivity contribution < 1.29 is 55.1 Å². The number of hydrogen-bond donors (Lipinski definition) is 3. The van der Waals surface area contributed by atoms with E-state index < -0.39 is 22.7 Å². The number of phenols is 1. The quantitative estimate of drug-likeness (QED) is 0.0735. The number of methoxy groups -OCH3 is 3. The van der Waals surface area contributed by atoms with Gasteiger partial charge in [0, 0.05) is 22.2 Å². The third-order valence-electron chi connectivity index (χ3n) is 9.11. The maximum absolute atomic E-state index is 12.3. The molecule has 0 saturated carbocycles. The van der Waals surface area contributed by atoms with Crippen LogP contribution in [-0.4, -0.2) is 57.5 Å². The van der Waals surface area contributed by atoms with Crippen LogP contribution in [0.5, 0.6) is 28.7 Å². The molecule has 8 rings (SSSR count). The topological polar surface area (TPSA) is 132 Å². The van der Waals surface area contributed by atoms with Gasteiger partial charge in [0.1, 0.15) is 23.0 Å². The summed E-state index contributed by atoms with van der Waals surface area (Å²) < 4.78 is 79.5. The highest BCUT2D eigenvalue weighted by molar-refractivity contribution is 9.10. The van der Waals surface area contributed by atoms with Gasteiger partial charge in [0.2, 0.25) is 0 Å². The molecule has 0 spiro atoms. The number of ether oxygens (including phenoxy) is 3. The average molecular weight is 996 g/mol. The third-order valence-corrected chi connectivity index (χ3v) is 10.7. The largest absolute Gasteiger partial charge is 0.534 e. The number of halogens is 4. The van der Waals surface area contributed by atoms with Gasteiger partial charge in [-0.2, -0.15) is 21.6 Å². The third kappa shape index (κ3) is 16.4. The predicted molar refractivity (Wildman–Crippen MR) is 263 cm³/mol. The highest BCUT2D eigenvalue weighted by Gasteiger charge is 2.48. The molecule has 9 nitrogen and oxygen atoms in total. The smallest absolute Gasteiger partial charge is 0.507 e. The number of para-hydroxylation sites is 5. The molecule has 346 valence electrons. The minimum absolute atomic E-state index is 0.265. The van der Waals surface area contributed by atoms with Crippen LogP contribution in [0.1, 0.15) is 0 Å². The molecule has 0 atom stereocenters. The van der Waals surface area contributed by atoms with E-state index in [1.807, 2.05) is 109 Å². The first-order valence-electron chi connectivity index (χ1n) is 20.1. The van der Waals surface area contributed by atoms with Crippen molar-refractivity contribution in [2.45, 2.75) is 5.51 Å². The minimum atomic E-state index is -5.68. The average Bonchev–Trinajstić information content (AvgIpc) is 3.35. The SMILES string of the molecule is COc1ccccc1-c1ccccc1.COc1ccccc1B(O)O.COc1ccccc1Br.O=S(=O)(Oc1ccccc1-c1ccccc1)C(F)(F)F.Oc1ccccc1-c1ccccc1. The molecule has 15 heteroatoms. The lowest BCUT2D eigenvalue weighted by Crippen LogP contribution is -2.30. The van der Waals surface area contributed by atoms with Crippen LogP contribution in [0.3, 0.4) is 0 Å². The second kappa shape index (κ2) is 26.8. The van der Waals surface area contributed by atoms with Crippen molar-refractivity contribution in [3.63, 3.8) is 0 Å². The fourth-order valence-electron chi connectivity index (χ4n) is 5.89. The van der Waals surface area contributed by atoms with E-state index in [0.29, 0.717) is 22.5 Å². The van der Waals surface area contributed by atoms with Crippen LogP contribution in [0.15, 0.2) is 217 Å². The normalized spacial score (nSPS) is 10.3. The van der Waals surface area contributed by atoms with Crippen LogP contribution in [0.4, 0.5) is 13.2 Å². The van der Waals surface area contributed by atoms with Gasteiger partial charge >= 0.3 is 22.7 Å². The second-order valence-corrected chi connectivity index (χ2v) is 15.9. The van der Waals surface area contributed by atoms with E-state index in [-0.39, 0.29) is 11.3 Å². The molecular formula is C52H47BBrF3O9S. The van der Waals surface area contributed by atoms with Crippen LogP contribution >= 0.6 is 15.9 Å². The Bertz CT molecular complexity index is 2800. The summed E-state index contributed by atoms with van der Waals surface area (Å²) in [6.45, 7) is 0. The maximum atomic E-state index is 12.3. The van der Waals surface area contributed by atoms with Crippen molar-refractivity contribution in [1.29, 1.82) is 0 Å². The zero-order valence-electron chi connectivity index (χ0n) is 36.5. The number of aromatic hydroxyl groups is 1. The molecule has 0 bridgehead atoms. The molecule has 0 aromatic heterocycles. The first-order chi connectivity index (χ1) is 32.2. The van der Waals surface area contributed by atoms with E-state index in [9.17, 15) is 26.7 Å². The Kier molecular flexibility index (Phi) is 21.0. The van der Waals surface area contributed by atoms with Gasteiger partial charge in [0.15, 0.2) is 5.75 Å². The molecule has 0 fully saturated rings. The summed E-state index contributed by atoms with van der Waals surface area (Å²) in [7, 11) is -2.31. The Morgan fingerprint density at radius 2 is 0.791 bits per heavy atom. The van der Waals surface area contributed by atoms with Gasteiger partial charge < -0.3 is 33.5 Å². The monoisotopic (exact) mass is 994 g/mol. The lowest BCUT2D eigenvalue weighted by atomic mass is 9.80. The number of benzene rings is 8. The Labute approximate surface area is 397 Å². The molecule has 0 saturated heterocycles. The van der Waals surface area contributed by atoms with Gasteiger partial charge in [-0.25, -0.2) is 0 Å². The van der Waals surface area contributed by atoms with Crippen LogP contribution in [0.25, 0.3) is 33.4 Å². The molecule has 0 aliphatic rings. The highest BCUT2D eigenvalue weighted by atomic mass is 79.9. The summed E-state index contributed by atoms with van der Waals surface area (Å²) >= 11 is 3.33. The molecule has 8 aromatic carbocycles. The van der Waals surface area contributed by atoms with Crippen molar-refractivity contribution in [2.24, 2.45) is 0 Å². The molecule has 0 unspecified atom stereocenters. The number of rotatable bonds is 9. The number of alkyl halides is 3. The number of phenolic OH excluding ortho intramolecular Hbond substituents is 1. The first-order valence-corrected chi connectivity index (χ1v) is 22.4. The minimum Gasteiger partial charge on any atom is -0.507 e. The van der Waals surface area contributed by atoms with E-state index in [2.05, 4.69) is 38.3 Å². The van der Waals surface area contributed by atoms with Gasteiger partial charge in [-0.05, 0) is 69.0 Å². The van der Waals surface area contributed by atoms with Crippen molar-refractivity contribution >= 4 is 38.6 Å². The molecule has 8 aromatic rings. The van der Waals surface area contributed by atoms with Crippen molar-refractivity contribution in [2.75, 3.05) is 21.3 Å². The van der Waals surface area contributed by atoms with Crippen LogP contribution in [-0.2, 0) is 10.1 Å². The van der Waals surface area contributed by atoms with Gasteiger partial charge in [0.05, 0.1) is 25.8 Å². The lowest BCUT2D eigenvalue weighted by Gasteiger charge is -2.12. The van der Waals surface area contributed by atoms with Crippen molar-refractivity contribution in [3.05, 3.63) is 217 Å². The van der Waals surface area contributed by atoms with E-state index >= 15 is 0 Å². The van der Waals surface area contributed by atoms with Gasteiger partial charge in [0.25, 0.3) is 0 Å². The summed E-state index contributed by atoms with van der Waals surface area (Å²) in [4.78, 5) is 0. The predicted octanol–water partition coefficient (Wildman–Crippen LogP) is 11.8. The Morgan fingerprint density at radius 1 is 0.448 bits per heavy atom. The molecule has 67 heavy (non-hydrogen) atoms. The molecule has 0 aliphatic carbocycles. The Hall–Kier alpha value is -7.04. The molecule has 0 amide bonds. The zero-order valence-corrected chi connectivity index (χ0v) is 38.9. The fourth-order valence-corrected chi connectivity index (χ4v) is 6.81. The second-order valence-electron chi connectivity index (χ2n) is 13.5. The zero-order chi connectivity index (χ0) is 48.7. The maximum Gasteiger partial charge on any atom is 0.534 e. The summed E-state index contributed by atoms with van der Waals surface area (Å²) in [5, 5.41) is 27.2. The first kappa shape index (κ1) is 52.6. The van der Waals surface area contributed by atoms with Gasteiger partial charge in [-0.15, -0.1) is 0 Å². The Morgan fingerprint density at radius 3 is 1.19 bits per heavy atom. The van der Waals surface area contributed by atoms with E-state index in [4.69, 9.17) is 24.3 Å². The van der Waals surface area contributed by atoms with Gasteiger partial charge in [-0.1, -0.05) is 176 Å². The van der Waals surface area contributed by atoms with Crippen molar-refractivity contribution in [1.82, 2.24) is 0 Å². The molecule has 3 N–H and O–H groups in total. The van der Waals surface area contributed by atoms with Crippen LogP contribution < -0.4 is 23.9 Å². The van der Waals surface area contributed by atoms with Gasteiger partial charge in [-0.3, -0.25) is 0 Å². The lowest BCUT2D eigenvalue weighted by molar-refractivity contribution is -0.0499. The fraction of sp³-hybridized carbons (Fsp3) is 0.0769. The summed E-state index contributed by atoms with van der Waals surface area (Å²) in [5.74, 6) is 2.24. The summed E-state index contributed by atoms with van der Waals surface area (Å²) in [6, 6.07) is 64.0. The van der Waals surface area contributed by atoms with E-state index in [1.54, 1.807) is 80.9 Å². The van der Waals surface area contributed by atoms with Crippen LogP contribution in [0, 0.1) is 0 Å². The van der Waals surface area contributed by atoms with E-state index in [1.165, 1.54) is 30.9 Å². The highest BCUT2D eigenvalue weighted by Crippen LogP contribution is 2.34. The Balaban J connectivity index is 0.000000188. The standard InChI is InChI=1S/C13H9F3O3S.C13H12O.C12H10O.C7H9BO3.C7H7BrO/c14-13(15,16)20(17,18)19-12-9-5-4-8-11(12)10-6-2-1-3-7-10;1-14-13-10-6-5-9-12(13)11-7-3-2-4-8-11;13-12-9-5-4-8-11(12)10-6-2-1-3-7-10;1-11-7-5-3-2-4-6(7)8(9)10;1-9-7-5-3-2-4-6(7)8/h1-9H;2-10H,1H3;1-9,13H;2-5,9-10H,1H3;2-5H,1H3. The van der Waals surface area contributed by atoms with Crippen molar-refractivity contribution in [3.8, 4) is 62.1 Å². The van der Waals surface area contributed by atoms with E-state index in [0.717, 1.165) is 32.7 Å². The van der Waals surface area contributed by atoms with Crippen LogP contribution in [0.2, 0.25) is 0 Å². The summed E-state index contributed by atoms with van der Waals surface area (Å²) in [5.41, 5.74) is -0.0165. The molecule has 0 radical (unpaired) electrons. The summed E-state index contributed by atoms with van der Waals surface area (Å²) in [6.07, 6.45) is 0. The molecule has 0 heterocycles. The number of hydrogen-bond acceptors (Lipinski definition) is 9. The molecular weight excluding hydrogens is 948 g/mol. The molecule has 0 aliphatic heterocycles.